The van der Waals surface area contributed by atoms with E-state index in [1.165, 1.54) is 14.2 Å². The van der Waals surface area contributed by atoms with E-state index in [1.807, 2.05) is 42.5 Å². The zero-order valence-corrected chi connectivity index (χ0v) is 17.0. The predicted octanol–water partition coefficient (Wildman–Crippen LogP) is 1.82. The number of aliphatic imine (C=N–C) groups is 1. The highest BCUT2D eigenvalue weighted by atomic mass is 16.7. The SMILES string of the molecule is COC1(OC)N=C(N)[C@]2(C#N)[C@]3(C(=O)N(Cc4ccccc4)c4ccccc43)[C@]12C#N. The fraction of sp³-hybridized carbons (Fsp3) is 0.304. The third kappa shape index (κ3) is 1.67. The van der Waals surface area contributed by atoms with E-state index in [-0.39, 0.29) is 12.4 Å². The third-order valence-corrected chi connectivity index (χ3v) is 6.99. The van der Waals surface area contributed by atoms with Gasteiger partial charge in [-0.2, -0.15) is 10.5 Å². The molecule has 2 heterocycles. The van der Waals surface area contributed by atoms with Crippen molar-refractivity contribution in [3.05, 3.63) is 65.7 Å². The van der Waals surface area contributed by atoms with Crippen LogP contribution in [-0.2, 0) is 26.2 Å². The molecule has 0 aromatic heterocycles. The van der Waals surface area contributed by atoms with Gasteiger partial charge in [0.05, 0.1) is 18.7 Å². The van der Waals surface area contributed by atoms with E-state index >= 15 is 0 Å². The van der Waals surface area contributed by atoms with Crippen molar-refractivity contribution in [2.24, 2.45) is 21.6 Å². The molecule has 0 saturated heterocycles. The maximum atomic E-state index is 14.2. The zero-order chi connectivity index (χ0) is 22.1. The molecule has 3 aliphatic rings. The van der Waals surface area contributed by atoms with Crippen LogP contribution in [0.2, 0.25) is 0 Å². The summed E-state index contributed by atoms with van der Waals surface area (Å²) in [4.78, 5) is 20.0. The van der Waals surface area contributed by atoms with Gasteiger partial charge >= 0.3 is 0 Å². The molecule has 0 unspecified atom stereocenters. The van der Waals surface area contributed by atoms with Crippen molar-refractivity contribution in [1.29, 1.82) is 10.5 Å². The van der Waals surface area contributed by atoms with Crippen molar-refractivity contribution in [3.8, 4) is 12.1 Å². The van der Waals surface area contributed by atoms with Gasteiger partial charge < -0.3 is 20.1 Å². The van der Waals surface area contributed by atoms with Crippen molar-refractivity contribution in [3.63, 3.8) is 0 Å². The van der Waals surface area contributed by atoms with Crippen LogP contribution < -0.4 is 10.6 Å². The highest BCUT2D eigenvalue weighted by molar-refractivity contribution is 6.21. The highest BCUT2D eigenvalue weighted by Crippen LogP contribution is 2.87. The molecule has 1 aliphatic carbocycles. The van der Waals surface area contributed by atoms with Crippen LogP contribution >= 0.6 is 0 Å². The molecule has 5 rings (SSSR count). The van der Waals surface area contributed by atoms with Crippen LogP contribution in [0, 0.1) is 33.5 Å². The zero-order valence-electron chi connectivity index (χ0n) is 17.0. The summed E-state index contributed by atoms with van der Waals surface area (Å²) in [6.07, 6.45) is 0. The first-order valence-electron chi connectivity index (χ1n) is 9.72. The number of anilines is 1. The first-order valence-corrected chi connectivity index (χ1v) is 9.72. The Morgan fingerprint density at radius 1 is 1.03 bits per heavy atom. The summed E-state index contributed by atoms with van der Waals surface area (Å²) in [5.74, 6) is -2.41. The molecule has 1 spiro atoms. The molecular weight excluding hydrogens is 394 g/mol. The van der Waals surface area contributed by atoms with Gasteiger partial charge in [-0.15, -0.1) is 0 Å². The van der Waals surface area contributed by atoms with Crippen LogP contribution in [0.1, 0.15) is 11.1 Å². The normalized spacial score (nSPS) is 31.5. The lowest BCUT2D eigenvalue weighted by Gasteiger charge is -2.31. The number of carbonyl (C=O) groups excluding carboxylic acids is 1. The minimum absolute atomic E-state index is 0.134. The number of benzene rings is 2. The lowest BCUT2D eigenvalue weighted by molar-refractivity contribution is -0.233. The van der Waals surface area contributed by atoms with Crippen molar-refractivity contribution in [2.75, 3.05) is 19.1 Å². The Bertz CT molecular complexity index is 1230. The molecule has 1 fully saturated rings. The van der Waals surface area contributed by atoms with E-state index in [0.717, 1.165) is 5.56 Å². The Labute approximate surface area is 179 Å². The largest absolute Gasteiger partial charge is 0.386 e. The summed E-state index contributed by atoms with van der Waals surface area (Å²) in [7, 11) is 2.65. The van der Waals surface area contributed by atoms with E-state index in [4.69, 9.17) is 15.2 Å². The van der Waals surface area contributed by atoms with Crippen LogP contribution in [0.4, 0.5) is 5.69 Å². The molecule has 1 saturated carbocycles. The van der Waals surface area contributed by atoms with Gasteiger partial charge in [-0.3, -0.25) is 4.79 Å². The number of para-hydroxylation sites is 1. The van der Waals surface area contributed by atoms with Gasteiger partial charge in [0.15, 0.2) is 10.8 Å². The molecular formula is C23H19N5O3. The van der Waals surface area contributed by atoms with Crippen LogP contribution in [0.15, 0.2) is 59.6 Å². The van der Waals surface area contributed by atoms with Gasteiger partial charge in [-0.05, 0) is 17.2 Å². The van der Waals surface area contributed by atoms with Crippen LogP contribution in [0.25, 0.3) is 0 Å². The topological polar surface area (TPSA) is 125 Å². The second-order valence-corrected chi connectivity index (χ2v) is 7.85. The number of hydrogen-bond donors (Lipinski definition) is 1. The molecule has 8 nitrogen and oxygen atoms in total. The number of hydrogen-bond acceptors (Lipinski definition) is 7. The molecule has 8 heteroatoms. The van der Waals surface area contributed by atoms with Crippen LogP contribution in [0.5, 0.6) is 0 Å². The second kappa shape index (κ2) is 5.92. The fourth-order valence-corrected chi connectivity index (χ4v) is 5.79. The number of ether oxygens (including phenoxy) is 2. The number of methoxy groups -OCH3 is 2. The summed E-state index contributed by atoms with van der Waals surface area (Å²) in [6, 6.07) is 21.1. The predicted molar refractivity (Wildman–Crippen MR) is 110 cm³/mol. The van der Waals surface area contributed by atoms with Gasteiger partial charge in [-0.25, -0.2) is 4.99 Å². The van der Waals surface area contributed by atoms with Gasteiger partial charge in [-0.1, -0.05) is 48.5 Å². The van der Waals surface area contributed by atoms with Crippen molar-refractivity contribution >= 4 is 17.4 Å². The summed E-state index contributed by atoms with van der Waals surface area (Å²) in [5, 5.41) is 20.8. The molecule has 0 radical (unpaired) electrons. The Morgan fingerprint density at radius 2 is 1.68 bits per heavy atom. The number of nitrogens with zero attached hydrogens (tertiary/aromatic N) is 4. The van der Waals surface area contributed by atoms with E-state index in [0.29, 0.717) is 11.3 Å². The highest BCUT2D eigenvalue weighted by Gasteiger charge is 3.05. The van der Waals surface area contributed by atoms with Crippen molar-refractivity contribution in [1.82, 2.24) is 0 Å². The third-order valence-electron chi connectivity index (χ3n) is 6.99. The number of fused-ring (bicyclic) bond motifs is 5. The number of amides is 1. The molecule has 2 N–H and O–H groups in total. The van der Waals surface area contributed by atoms with Crippen LogP contribution in [0.3, 0.4) is 0 Å². The molecule has 2 aromatic rings. The number of nitrogens with two attached hydrogens (primary N) is 1. The maximum Gasteiger partial charge on any atom is 0.293 e. The average Bonchev–Trinajstić information content (AvgIpc) is 3.21. The summed E-state index contributed by atoms with van der Waals surface area (Å²) < 4.78 is 11.1. The number of rotatable bonds is 4. The monoisotopic (exact) mass is 413 g/mol. The Kier molecular flexibility index (Phi) is 3.67. The number of carbonyl (C=O) groups is 1. The molecule has 154 valence electrons. The molecule has 31 heavy (non-hydrogen) atoms. The molecule has 0 bridgehead atoms. The fourth-order valence-electron chi connectivity index (χ4n) is 5.79. The smallest absolute Gasteiger partial charge is 0.293 e. The lowest BCUT2D eigenvalue weighted by Crippen LogP contribution is -2.48. The maximum absolute atomic E-state index is 14.2. The van der Waals surface area contributed by atoms with Crippen molar-refractivity contribution < 1.29 is 14.3 Å². The van der Waals surface area contributed by atoms with E-state index in [2.05, 4.69) is 17.1 Å². The van der Waals surface area contributed by atoms with Gasteiger partial charge in [0.25, 0.3) is 5.91 Å². The molecule has 2 aliphatic heterocycles. The quantitative estimate of drug-likeness (QED) is 0.763. The van der Waals surface area contributed by atoms with E-state index in [9.17, 15) is 15.3 Å². The van der Waals surface area contributed by atoms with E-state index in [1.54, 1.807) is 17.0 Å². The van der Waals surface area contributed by atoms with E-state index < -0.39 is 28.1 Å². The van der Waals surface area contributed by atoms with Gasteiger partial charge in [0.1, 0.15) is 11.3 Å². The minimum Gasteiger partial charge on any atom is -0.386 e. The van der Waals surface area contributed by atoms with Crippen molar-refractivity contribution in [2.45, 2.75) is 17.9 Å². The first kappa shape index (κ1) is 19.3. The summed E-state index contributed by atoms with van der Waals surface area (Å²) in [6.45, 7) is 0.283. The summed E-state index contributed by atoms with van der Waals surface area (Å²) >= 11 is 0. The Morgan fingerprint density at radius 3 is 2.29 bits per heavy atom. The lowest BCUT2D eigenvalue weighted by atomic mass is 9.84. The van der Waals surface area contributed by atoms with Gasteiger partial charge in [0, 0.05) is 19.9 Å². The Balaban J connectivity index is 1.79. The Hall–Kier alpha value is -3.72. The van der Waals surface area contributed by atoms with Crippen LogP contribution in [-0.4, -0.2) is 31.9 Å². The standard InChI is InChI=1S/C23H19N5O3/c1-30-23(31-2)21(14-25)20(13-24,18(26)27-23)22(21)16-10-6-7-11-17(16)28(19(22)29)12-15-8-4-3-5-9-15/h3-11H,12H2,1-2H3,(H2,26,27)/t20-,21+,22-/m0/s1. The number of amidine groups is 1. The minimum atomic E-state index is -1.88. The molecule has 1 amide bonds. The average molecular weight is 413 g/mol. The molecule has 2 aromatic carbocycles. The molecule has 3 atom stereocenters. The second-order valence-electron chi connectivity index (χ2n) is 7.85. The number of nitriles is 2. The summed E-state index contributed by atoms with van der Waals surface area (Å²) in [5.41, 5.74) is 3.29. The first-order chi connectivity index (χ1) is 15.0. The van der Waals surface area contributed by atoms with Gasteiger partial charge in [0.2, 0.25) is 5.91 Å².